The molecule has 2 heterocycles. The van der Waals surface area contributed by atoms with E-state index in [1.54, 1.807) is 0 Å². The molecule has 0 saturated carbocycles. The second-order valence-electron chi connectivity index (χ2n) is 8.99. The van der Waals surface area contributed by atoms with Gasteiger partial charge in [-0.25, -0.2) is 0 Å². The van der Waals surface area contributed by atoms with Crippen LogP contribution in [0.1, 0.15) is 51.1 Å². The van der Waals surface area contributed by atoms with Gasteiger partial charge in [0.25, 0.3) is 0 Å². The minimum atomic E-state index is 0.319. The SMILES string of the molecule is Cc1cc(-c2ccc(Cc3cc(C=O)c(CN(C)CC4CCCO4)cc3C)cc2)ccn1. The molecular formula is C28H32N2O2. The van der Waals surface area contributed by atoms with Gasteiger partial charge in [-0.15, -0.1) is 0 Å². The number of benzene rings is 2. The predicted molar refractivity (Wildman–Crippen MR) is 129 cm³/mol. The van der Waals surface area contributed by atoms with Crippen molar-refractivity contribution in [2.75, 3.05) is 20.2 Å². The summed E-state index contributed by atoms with van der Waals surface area (Å²) >= 11 is 0. The molecular weight excluding hydrogens is 396 g/mol. The first-order valence-corrected chi connectivity index (χ1v) is 11.4. The number of aryl methyl sites for hydroxylation is 2. The lowest BCUT2D eigenvalue weighted by Crippen LogP contribution is -2.28. The lowest BCUT2D eigenvalue weighted by Gasteiger charge is -2.22. The quantitative estimate of drug-likeness (QED) is 0.452. The monoisotopic (exact) mass is 428 g/mol. The van der Waals surface area contributed by atoms with Crippen LogP contribution in [0.25, 0.3) is 11.1 Å². The number of pyridine rings is 1. The summed E-state index contributed by atoms with van der Waals surface area (Å²) in [5.74, 6) is 0. The Morgan fingerprint density at radius 2 is 1.88 bits per heavy atom. The van der Waals surface area contributed by atoms with Crippen molar-refractivity contribution in [2.24, 2.45) is 0 Å². The van der Waals surface area contributed by atoms with Crippen LogP contribution < -0.4 is 0 Å². The smallest absolute Gasteiger partial charge is 0.150 e. The predicted octanol–water partition coefficient (Wildman–Crippen LogP) is 5.38. The Labute approximate surface area is 191 Å². The standard InChI is InChI=1S/C28H32N2O2/c1-20-13-26(17-30(3)18-28-5-4-12-32-28)27(19-31)16-25(20)15-22-6-8-23(9-7-22)24-10-11-29-21(2)14-24/h6-11,13-14,16,19,28H,4-5,12,15,17-18H2,1-3H3. The molecule has 1 saturated heterocycles. The van der Waals surface area contributed by atoms with Crippen molar-refractivity contribution in [1.29, 1.82) is 0 Å². The highest BCUT2D eigenvalue weighted by molar-refractivity contribution is 5.78. The van der Waals surface area contributed by atoms with E-state index in [-0.39, 0.29) is 0 Å². The van der Waals surface area contributed by atoms with E-state index in [0.29, 0.717) is 6.10 Å². The van der Waals surface area contributed by atoms with Gasteiger partial charge in [0.1, 0.15) is 6.29 Å². The van der Waals surface area contributed by atoms with Crippen molar-refractivity contribution in [3.63, 3.8) is 0 Å². The van der Waals surface area contributed by atoms with Crippen LogP contribution in [0.15, 0.2) is 54.7 Å². The van der Waals surface area contributed by atoms with Gasteiger partial charge in [0.15, 0.2) is 0 Å². The fraction of sp³-hybridized carbons (Fsp3) is 0.357. The Kier molecular flexibility index (Phi) is 7.13. The summed E-state index contributed by atoms with van der Waals surface area (Å²) in [6.07, 6.45) is 6.25. The number of hydrogen-bond acceptors (Lipinski definition) is 4. The maximum absolute atomic E-state index is 11.9. The fourth-order valence-corrected chi connectivity index (χ4v) is 4.52. The zero-order valence-electron chi connectivity index (χ0n) is 19.3. The maximum Gasteiger partial charge on any atom is 0.150 e. The molecule has 0 radical (unpaired) electrons. The van der Waals surface area contributed by atoms with E-state index in [1.165, 1.54) is 27.8 Å². The average molecular weight is 429 g/mol. The van der Waals surface area contributed by atoms with Gasteiger partial charge in [-0.2, -0.15) is 0 Å². The molecule has 3 aromatic rings. The van der Waals surface area contributed by atoms with Crippen LogP contribution in [-0.2, 0) is 17.7 Å². The average Bonchev–Trinajstić information content (AvgIpc) is 3.29. The van der Waals surface area contributed by atoms with Crippen LogP contribution in [0.3, 0.4) is 0 Å². The molecule has 0 aliphatic carbocycles. The van der Waals surface area contributed by atoms with Crippen LogP contribution in [0.4, 0.5) is 0 Å². The molecule has 4 rings (SSSR count). The Morgan fingerprint density at radius 1 is 1.06 bits per heavy atom. The highest BCUT2D eigenvalue weighted by atomic mass is 16.5. The Hall–Kier alpha value is -2.82. The Morgan fingerprint density at radius 3 is 2.56 bits per heavy atom. The lowest BCUT2D eigenvalue weighted by molar-refractivity contribution is 0.0792. The molecule has 1 aliphatic heterocycles. The van der Waals surface area contributed by atoms with Gasteiger partial charge < -0.3 is 4.74 Å². The number of aromatic nitrogens is 1. The van der Waals surface area contributed by atoms with Gasteiger partial charge in [0.2, 0.25) is 0 Å². The number of ether oxygens (including phenoxy) is 1. The van der Waals surface area contributed by atoms with Gasteiger partial charge >= 0.3 is 0 Å². The first kappa shape index (κ1) is 22.4. The van der Waals surface area contributed by atoms with E-state index < -0.39 is 0 Å². The molecule has 1 aromatic heterocycles. The van der Waals surface area contributed by atoms with Crippen LogP contribution >= 0.6 is 0 Å². The molecule has 1 fully saturated rings. The second kappa shape index (κ2) is 10.2. The van der Waals surface area contributed by atoms with Crippen molar-refractivity contribution in [3.05, 3.63) is 88.2 Å². The number of hydrogen-bond donors (Lipinski definition) is 0. The highest BCUT2D eigenvalue weighted by Crippen LogP contribution is 2.24. The van der Waals surface area contributed by atoms with Gasteiger partial charge in [0, 0.05) is 37.2 Å². The largest absolute Gasteiger partial charge is 0.377 e. The fourth-order valence-electron chi connectivity index (χ4n) is 4.52. The number of rotatable bonds is 8. The molecule has 32 heavy (non-hydrogen) atoms. The van der Waals surface area contributed by atoms with Gasteiger partial charge in [-0.05, 0) is 91.7 Å². The summed E-state index contributed by atoms with van der Waals surface area (Å²) in [6.45, 7) is 6.68. The summed E-state index contributed by atoms with van der Waals surface area (Å²) < 4.78 is 5.76. The zero-order chi connectivity index (χ0) is 22.5. The molecule has 4 nitrogen and oxygen atoms in total. The van der Waals surface area contributed by atoms with E-state index in [0.717, 1.165) is 62.1 Å². The van der Waals surface area contributed by atoms with Crippen molar-refractivity contribution < 1.29 is 9.53 Å². The number of nitrogens with zero attached hydrogens (tertiary/aromatic N) is 2. The molecule has 0 N–H and O–H groups in total. The molecule has 0 amide bonds. The summed E-state index contributed by atoms with van der Waals surface area (Å²) in [5.41, 5.74) is 8.93. The molecule has 1 atom stereocenters. The normalized spacial score (nSPS) is 15.9. The summed E-state index contributed by atoms with van der Waals surface area (Å²) in [4.78, 5) is 18.4. The Bertz CT molecular complexity index is 1070. The number of aldehydes is 1. The first-order valence-electron chi connectivity index (χ1n) is 11.4. The van der Waals surface area contributed by atoms with Gasteiger partial charge in [0.05, 0.1) is 6.10 Å². The Balaban J connectivity index is 1.47. The number of carbonyl (C=O) groups is 1. The van der Waals surface area contributed by atoms with E-state index in [9.17, 15) is 4.79 Å². The molecule has 0 bridgehead atoms. The van der Waals surface area contributed by atoms with E-state index >= 15 is 0 Å². The summed E-state index contributed by atoms with van der Waals surface area (Å²) in [7, 11) is 2.10. The van der Waals surface area contributed by atoms with Gasteiger partial charge in [-0.1, -0.05) is 30.3 Å². The zero-order valence-corrected chi connectivity index (χ0v) is 19.3. The van der Waals surface area contributed by atoms with E-state index in [4.69, 9.17) is 4.74 Å². The third-order valence-electron chi connectivity index (χ3n) is 6.28. The molecule has 4 heteroatoms. The summed E-state index contributed by atoms with van der Waals surface area (Å²) in [6, 6.07) is 17.1. The number of likely N-dealkylation sites (N-methyl/N-ethyl adjacent to an activating group) is 1. The molecule has 1 aliphatic rings. The van der Waals surface area contributed by atoms with Gasteiger partial charge in [-0.3, -0.25) is 14.7 Å². The van der Waals surface area contributed by atoms with E-state index in [2.05, 4.69) is 66.3 Å². The first-order chi connectivity index (χ1) is 15.5. The maximum atomic E-state index is 11.9. The highest BCUT2D eigenvalue weighted by Gasteiger charge is 2.18. The van der Waals surface area contributed by atoms with Crippen LogP contribution in [0, 0.1) is 13.8 Å². The molecule has 2 aromatic carbocycles. The van der Waals surface area contributed by atoms with Crippen LogP contribution in [0.2, 0.25) is 0 Å². The van der Waals surface area contributed by atoms with Crippen LogP contribution in [0.5, 0.6) is 0 Å². The minimum absolute atomic E-state index is 0.319. The van der Waals surface area contributed by atoms with Crippen LogP contribution in [-0.4, -0.2) is 42.5 Å². The van der Waals surface area contributed by atoms with Crippen molar-refractivity contribution in [2.45, 2.75) is 45.8 Å². The molecule has 166 valence electrons. The third-order valence-corrected chi connectivity index (χ3v) is 6.28. The van der Waals surface area contributed by atoms with Crippen molar-refractivity contribution in [1.82, 2.24) is 9.88 Å². The molecule has 1 unspecified atom stereocenters. The van der Waals surface area contributed by atoms with Crippen molar-refractivity contribution >= 4 is 6.29 Å². The topological polar surface area (TPSA) is 42.4 Å². The number of carbonyl (C=O) groups excluding carboxylic acids is 1. The van der Waals surface area contributed by atoms with E-state index in [1.807, 2.05) is 19.2 Å². The third kappa shape index (κ3) is 5.50. The van der Waals surface area contributed by atoms with Crippen molar-refractivity contribution in [3.8, 4) is 11.1 Å². The minimum Gasteiger partial charge on any atom is -0.377 e. The second-order valence-corrected chi connectivity index (χ2v) is 8.99. The summed E-state index contributed by atoms with van der Waals surface area (Å²) in [5, 5.41) is 0. The lowest BCUT2D eigenvalue weighted by atomic mass is 9.94. The molecule has 0 spiro atoms.